The normalized spacial score (nSPS) is 25.7. The maximum atomic E-state index is 11.4. The largest absolute Gasteiger partial charge is 0.327 e. The standard InChI is InChI=1S/C11H17N3O/c12-10-3-1-2-9(10)5-7-14-8-13-6-4-11(14)15/h4,6,8-10H,1-3,5,7,12H2. The van der Waals surface area contributed by atoms with E-state index in [-0.39, 0.29) is 5.56 Å². The van der Waals surface area contributed by atoms with E-state index in [9.17, 15) is 4.79 Å². The summed E-state index contributed by atoms with van der Waals surface area (Å²) in [5.74, 6) is 0.581. The molecule has 82 valence electrons. The van der Waals surface area contributed by atoms with Crippen molar-refractivity contribution in [1.29, 1.82) is 0 Å². The third-order valence-corrected chi connectivity index (χ3v) is 3.25. The molecule has 1 aromatic rings. The second-order valence-corrected chi connectivity index (χ2v) is 4.26. The molecule has 0 aromatic carbocycles. The second-order valence-electron chi connectivity index (χ2n) is 4.26. The Labute approximate surface area is 89.1 Å². The lowest BCUT2D eigenvalue weighted by Crippen LogP contribution is -2.27. The minimum atomic E-state index is 0.0246. The van der Waals surface area contributed by atoms with E-state index in [0.717, 1.165) is 19.4 Å². The average Bonchev–Trinajstić information content (AvgIpc) is 2.63. The highest BCUT2D eigenvalue weighted by Gasteiger charge is 2.23. The molecule has 0 saturated heterocycles. The Bertz CT molecular complexity index is 374. The average molecular weight is 207 g/mol. The highest BCUT2D eigenvalue weighted by molar-refractivity contribution is 4.84. The van der Waals surface area contributed by atoms with E-state index < -0.39 is 0 Å². The van der Waals surface area contributed by atoms with Crippen LogP contribution in [0.1, 0.15) is 25.7 Å². The molecule has 1 saturated carbocycles. The van der Waals surface area contributed by atoms with Crippen molar-refractivity contribution in [3.63, 3.8) is 0 Å². The topological polar surface area (TPSA) is 60.9 Å². The van der Waals surface area contributed by atoms with E-state index in [4.69, 9.17) is 5.73 Å². The monoisotopic (exact) mass is 207 g/mol. The molecule has 0 spiro atoms. The highest BCUT2D eigenvalue weighted by Crippen LogP contribution is 2.26. The predicted octanol–water partition coefficient (Wildman–Crippen LogP) is 0.761. The van der Waals surface area contributed by atoms with Crippen LogP contribution < -0.4 is 11.3 Å². The Hall–Kier alpha value is -1.16. The van der Waals surface area contributed by atoms with Crippen molar-refractivity contribution in [1.82, 2.24) is 9.55 Å². The summed E-state index contributed by atoms with van der Waals surface area (Å²) in [6.07, 6.45) is 7.69. The van der Waals surface area contributed by atoms with Gasteiger partial charge in [-0.15, -0.1) is 0 Å². The summed E-state index contributed by atoms with van der Waals surface area (Å²) in [4.78, 5) is 15.3. The van der Waals surface area contributed by atoms with Crippen molar-refractivity contribution in [3.8, 4) is 0 Å². The fourth-order valence-corrected chi connectivity index (χ4v) is 2.28. The number of rotatable bonds is 3. The Balaban J connectivity index is 1.93. The summed E-state index contributed by atoms with van der Waals surface area (Å²) in [6.45, 7) is 0.741. The van der Waals surface area contributed by atoms with Gasteiger partial charge in [0.05, 0.1) is 6.33 Å². The summed E-state index contributed by atoms with van der Waals surface area (Å²) in [7, 11) is 0. The lowest BCUT2D eigenvalue weighted by molar-refractivity contribution is 0.410. The van der Waals surface area contributed by atoms with E-state index >= 15 is 0 Å². The van der Waals surface area contributed by atoms with Crippen molar-refractivity contribution in [2.75, 3.05) is 0 Å². The first-order chi connectivity index (χ1) is 7.27. The van der Waals surface area contributed by atoms with Crippen molar-refractivity contribution in [2.45, 2.75) is 38.3 Å². The molecule has 4 nitrogen and oxygen atoms in total. The number of nitrogens with two attached hydrogens (primary N) is 1. The molecule has 15 heavy (non-hydrogen) atoms. The molecular weight excluding hydrogens is 190 g/mol. The number of hydrogen-bond acceptors (Lipinski definition) is 3. The van der Waals surface area contributed by atoms with Gasteiger partial charge >= 0.3 is 0 Å². The Morgan fingerprint density at radius 3 is 3.07 bits per heavy atom. The molecular formula is C11H17N3O. The van der Waals surface area contributed by atoms with Gasteiger partial charge in [-0.2, -0.15) is 0 Å². The summed E-state index contributed by atoms with van der Waals surface area (Å²) in [6, 6.07) is 1.83. The van der Waals surface area contributed by atoms with Gasteiger partial charge in [0.25, 0.3) is 5.56 Å². The molecule has 0 radical (unpaired) electrons. The summed E-state index contributed by atoms with van der Waals surface area (Å²) < 4.78 is 1.66. The van der Waals surface area contributed by atoms with E-state index in [1.807, 2.05) is 0 Å². The number of aromatic nitrogens is 2. The van der Waals surface area contributed by atoms with E-state index in [2.05, 4.69) is 4.98 Å². The van der Waals surface area contributed by atoms with E-state index in [1.54, 1.807) is 10.9 Å². The van der Waals surface area contributed by atoms with Crippen LogP contribution in [0.4, 0.5) is 0 Å². The first kappa shape index (κ1) is 10.4. The minimum absolute atomic E-state index is 0.0246. The van der Waals surface area contributed by atoms with Crippen LogP contribution in [-0.4, -0.2) is 15.6 Å². The quantitative estimate of drug-likeness (QED) is 0.796. The van der Waals surface area contributed by atoms with Crippen LogP contribution >= 0.6 is 0 Å². The Morgan fingerprint density at radius 1 is 1.53 bits per heavy atom. The van der Waals surface area contributed by atoms with Crippen LogP contribution in [0.15, 0.2) is 23.4 Å². The maximum absolute atomic E-state index is 11.4. The van der Waals surface area contributed by atoms with E-state index in [0.29, 0.717) is 12.0 Å². The van der Waals surface area contributed by atoms with Gasteiger partial charge in [0, 0.05) is 24.8 Å². The zero-order valence-corrected chi connectivity index (χ0v) is 8.80. The fourth-order valence-electron chi connectivity index (χ4n) is 2.28. The summed E-state index contributed by atoms with van der Waals surface area (Å²) >= 11 is 0. The van der Waals surface area contributed by atoms with Gasteiger partial charge < -0.3 is 5.73 Å². The van der Waals surface area contributed by atoms with Gasteiger partial charge in [-0.1, -0.05) is 6.42 Å². The van der Waals surface area contributed by atoms with Crippen LogP contribution in [0, 0.1) is 5.92 Å². The first-order valence-corrected chi connectivity index (χ1v) is 5.53. The lowest BCUT2D eigenvalue weighted by Gasteiger charge is -2.15. The molecule has 1 fully saturated rings. The third-order valence-electron chi connectivity index (χ3n) is 3.25. The van der Waals surface area contributed by atoms with Crippen LogP contribution in [0.25, 0.3) is 0 Å². The molecule has 2 N–H and O–H groups in total. The highest BCUT2D eigenvalue weighted by atomic mass is 16.1. The lowest BCUT2D eigenvalue weighted by atomic mass is 10.0. The predicted molar refractivity (Wildman–Crippen MR) is 58.4 cm³/mol. The molecule has 1 aliphatic rings. The smallest absolute Gasteiger partial charge is 0.253 e. The molecule has 0 amide bonds. The molecule has 0 bridgehead atoms. The summed E-state index contributed by atoms with van der Waals surface area (Å²) in [5, 5.41) is 0. The van der Waals surface area contributed by atoms with Gasteiger partial charge in [0.2, 0.25) is 0 Å². The van der Waals surface area contributed by atoms with Gasteiger partial charge in [-0.3, -0.25) is 9.36 Å². The Morgan fingerprint density at radius 2 is 2.40 bits per heavy atom. The van der Waals surface area contributed by atoms with Gasteiger partial charge in [-0.25, -0.2) is 4.98 Å². The van der Waals surface area contributed by atoms with Crippen molar-refractivity contribution < 1.29 is 0 Å². The van der Waals surface area contributed by atoms with Gasteiger partial charge in [-0.05, 0) is 25.2 Å². The molecule has 2 atom stereocenters. The van der Waals surface area contributed by atoms with Gasteiger partial charge in [0.15, 0.2) is 0 Å². The number of nitrogens with zero attached hydrogens (tertiary/aromatic N) is 2. The molecule has 2 rings (SSSR count). The maximum Gasteiger partial charge on any atom is 0.253 e. The third kappa shape index (κ3) is 2.45. The van der Waals surface area contributed by atoms with Crippen LogP contribution in [0.2, 0.25) is 0 Å². The number of aryl methyl sites for hydroxylation is 1. The minimum Gasteiger partial charge on any atom is -0.327 e. The zero-order valence-electron chi connectivity index (χ0n) is 8.80. The van der Waals surface area contributed by atoms with Gasteiger partial charge in [0.1, 0.15) is 0 Å². The van der Waals surface area contributed by atoms with Crippen molar-refractivity contribution >= 4 is 0 Å². The Kier molecular flexibility index (Phi) is 3.16. The fraction of sp³-hybridized carbons (Fsp3) is 0.636. The zero-order chi connectivity index (χ0) is 10.7. The molecule has 4 heteroatoms. The molecule has 1 aromatic heterocycles. The summed E-state index contributed by atoms with van der Waals surface area (Å²) in [5.41, 5.74) is 6.00. The van der Waals surface area contributed by atoms with Crippen LogP contribution in [0.5, 0.6) is 0 Å². The van der Waals surface area contributed by atoms with Crippen LogP contribution in [-0.2, 0) is 6.54 Å². The number of hydrogen-bond donors (Lipinski definition) is 1. The van der Waals surface area contributed by atoms with Crippen molar-refractivity contribution in [2.24, 2.45) is 11.7 Å². The van der Waals surface area contributed by atoms with E-state index in [1.165, 1.54) is 25.1 Å². The molecule has 2 unspecified atom stereocenters. The van der Waals surface area contributed by atoms with Crippen molar-refractivity contribution in [3.05, 3.63) is 28.9 Å². The second kappa shape index (κ2) is 4.57. The molecule has 1 aliphatic carbocycles. The molecule has 1 heterocycles. The SMILES string of the molecule is NC1CCCC1CCn1cnccc1=O. The van der Waals surface area contributed by atoms with Crippen LogP contribution in [0.3, 0.4) is 0 Å². The first-order valence-electron chi connectivity index (χ1n) is 5.53. The molecule has 0 aliphatic heterocycles.